The molecule has 0 bridgehead atoms. The summed E-state index contributed by atoms with van der Waals surface area (Å²) in [5, 5.41) is 8.22. The van der Waals surface area contributed by atoms with Crippen molar-refractivity contribution in [2.75, 3.05) is 6.54 Å². The van der Waals surface area contributed by atoms with Crippen LogP contribution in [0.5, 0.6) is 0 Å². The van der Waals surface area contributed by atoms with Gasteiger partial charge in [0.05, 0.1) is 12.5 Å². The number of fused-ring (bicyclic) bond motifs is 1. The fourth-order valence-corrected chi connectivity index (χ4v) is 2.87. The summed E-state index contributed by atoms with van der Waals surface area (Å²) < 4.78 is 6.59. The highest BCUT2D eigenvalue weighted by Gasteiger charge is 2.33. The van der Waals surface area contributed by atoms with Crippen molar-refractivity contribution >= 4 is 11.7 Å². The van der Waals surface area contributed by atoms with Crippen LogP contribution in [0, 0.1) is 6.92 Å². The van der Waals surface area contributed by atoms with Gasteiger partial charge in [0, 0.05) is 25.9 Å². The second-order valence-corrected chi connectivity index (χ2v) is 5.49. The lowest BCUT2D eigenvalue weighted by Crippen LogP contribution is -2.32. The summed E-state index contributed by atoms with van der Waals surface area (Å²) in [5.74, 6) is 1.99. The van der Waals surface area contributed by atoms with Gasteiger partial charge >= 0.3 is 0 Å². The molecule has 1 atom stereocenters. The first kappa shape index (κ1) is 13.8. The van der Waals surface area contributed by atoms with Gasteiger partial charge in [-0.2, -0.15) is 9.97 Å². The fourth-order valence-electron chi connectivity index (χ4n) is 2.87. The normalized spacial score (nSPS) is 18.0. The lowest BCUT2D eigenvalue weighted by molar-refractivity contribution is -0.131. The van der Waals surface area contributed by atoms with E-state index in [9.17, 15) is 4.79 Å². The molecular formula is C14H15N7O2. The number of aromatic nitrogens is 6. The number of carbonyl (C=O) groups is 1. The molecule has 9 heteroatoms. The van der Waals surface area contributed by atoms with Crippen LogP contribution >= 0.6 is 0 Å². The number of nitrogens with zero attached hydrogens (tertiary/aromatic N) is 7. The summed E-state index contributed by atoms with van der Waals surface area (Å²) >= 11 is 0. The molecule has 4 rings (SSSR count). The molecule has 0 aliphatic carbocycles. The molecule has 1 saturated heterocycles. The van der Waals surface area contributed by atoms with Gasteiger partial charge in [0.15, 0.2) is 11.6 Å². The molecule has 23 heavy (non-hydrogen) atoms. The van der Waals surface area contributed by atoms with E-state index >= 15 is 0 Å². The average molecular weight is 313 g/mol. The van der Waals surface area contributed by atoms with Crippen LogP contribution in [0.2, 0.25) is 0 Å². The molecule has 9 nitrogen and oxygen atoms in total. The minimum absolute atomic E-state index is 0.0362. The number of amides is 1. The van der Waals surface area contributed by atoms with Crippen LogP contribution in [0.4, 0.5) is 0 Å². The number of hydrogen-bond donors (Lipinski definition) is 0. The molecule has 0 saturated carbocycles. The van der Waals surface area contributed by atoms with Crippen molar-refractivity contribution in [3.63, 3.8) is 0 Å². The zero-order valence-corrected chi connectivity index (χ0v) is 12.6. The first-order valence-corrected chi connectivity index (χ1v) is 7.46. The molecule has 0 aromatic carbocycles. The van der Waals surface area contributed by atoms with Gasteiger partial charge in [-0.05, 0) is 18.9 Å². The quantitative estimate of drug-likeness (QED) is 0.702. The molecule has 118 valence electrons. The van der Waals surface area contributed by atoms with Crippen LogP contribution in [-0.2, 0) is 11.2 Å². The summed E-state index contributed by atoms with van der Waals surface area (Å²) in [6, 6.07) is 1.64. The third-order valence-electron chi connectivity index (χ3n) is 3.88. The van der Waals surface area contributed by atoms with E-state index < -0.39 is 0 Å². The average Bonchev–Trinajstić information content (AvgIpc) is 3.24. The van der Waals surface area contributed by atoms with Crippen molar-refractivity contribution in [3.05, 3.63) is 36.0 Å². The van der Waals surface area contributed by atoms with Crippen molar-refractivity contribution < 1.29 is 9.32 Å². The summed E-state index contributed by atoms with van der Waals surface area (Å²) in [5.41, 5.74) is 0. The van der Waals surface area contributed by atoms with E-state index in [0.717, 1.165) is 12.8 Å². The van der Waals surface area contributed by atoms with Crippen LogP contribution < -0.4 is 0 Å². The highest BCUT2D eigenvalue weighted by Crippen LogP contribution is 2.30. The Morgan fingerprint density at radius 1 is 1.43 bits per heavy atom. The van der Waals surface area contributed by atoms with Gasteiger partial charge in [0.1, 0.15) is 0 Å². The monoisotopic (exact) mass is 313 g/mol. The number of likely N-dealkylation sites (tertiary alicyclic amines) is 1. The highest BCUT2D eigenvalue weighted by molar-refractivity contribution is 5.78. The second kappa shape index (κ2) is 5.41. The molecular weight excluding hydrogens is 298 g/mol. The molecule has 1 fully saturated rings. The molecule has 3 aromatic heterocycles. The predicted molar refractivity (Wildman–Crippen MR) is 77.2 cm³/mol. The standard InChI is InChI=1S/C14H15N7O2/c1-9-16-13(19-23-9)10-4-2-6-20(10)12(22)8-11-17-14-15-5-3-7-21(14)18-11/h3,5,7,10H,2,4,6,8H2,1H3/t10-/m0/s1. The van der Waals surface area contributed by atoms with Gasteiger partial charge in [0.2, 0.25) is 11.8 Å². The van der Waals surface area contributed by atoms with Crippen molar-refractivity contribution in [3.8, 4) is 0 Å². The van der Waals surface area contributed by atoms with E-state index in [1.807, 2.05) is 0 Å². The Hall–Kier alpha value is -2.84. The van der Waals surface area contributed by atoms with Gasteiger partial charge in [0.25, 0.3) is 5.78 Å². The van der Waals surface area contributed by atoms with E-state index in [-0.39, 0.29) is 18.4 Å². The number of rotatable bonds is 3. The Balaban J connectivity index is 1.53. The largest absolute Gasteiger partial charge is 0.340 e. The smallest absolute Gasteiger partial charge is 0.252 e. The number of hydrogen-bond acceptors (Lipinski definition) is 7. The van der Waals surface area contributed by atoms with E-state index in [1.54, 1.807) is 34.8 Å². The van der Waals surface area contributed by atoms with Gasteiger partial charge in [-0.1, -0.05) is 5.16 Å². The Kier molecular flexibility index (Phi) is 3.25. The van der Waals surface area contributed by atoms with Gasteiger partial charge in [-0.3, -0.25) is 4.79 Å². The molecule has 1 aliphatic heterocycles. The maximum Gasteiger partial charge on any atom is 0.252 e. The van der Waals surface area contributed by atoms with Crippen LogP contribution in [0.15, 0.2) is 23.0 Å². The summed E-state index contributed by atoms with van der Waals surface area (Å²) in [6.07, 6.45) is 5.29. The second-order valence-electron chi connectivity index (χ2n) is 5.49. The topological polar surface area (TPSA) is 102 Å². The summed E-state index contributed by atoms with van der Waals surface area (Å²) in [6.45, 7) is 2.42. The van der Waals surface area contributed by atoms with E-state index in [1.165, 1.54) is 0 Å². The van der Waals surface area contributed by atoms with Crippen molar-refractivity contribution in [2.45, 2.75) is 32.2 Å². The summed E-state index contributed by atoms with van der Waals surface area (Å²) in [7, 11) is 0. The van der Waals surface area contributed by atoms with Crippen LogP contribution in [-0.4, -0.2) is 47.1 Å². The Morgan fingerprint density at radius 2 is 2.35 bits per heavy atom. The molecule has 0 radical (unpaired) electrons. The Bertz CT molecular complexity index is 823. The van der Waals surface area contributed by atoms with E-state index in [2.05, 4.69) is 25.2 Å². The number of carbonyl (C=O) groups excluding carboxylic acids is 1. The molecule has 0 spiro atoms. The van der Waals surface area contributed by atoms with Crippen LogP contribution in [0.3, 0.4) is 0 Å². The Morgan fingerprint density at radius 3 is 3.13 bits per heavy atom. The van der Waals surface area contributed by atoms with E-state index in [4.69, 9.17) is 4.52 Å². The van der Waals surface area contributed by atoms with Crippen molar-refractivity contribution in [1.82, 2.24) is 34.6 Å². The molecule has 1 amide bonds. The SMILES string of the molecule is Cc1nc([C@@H]2CCCN2C(=O)Cc2nc3ncccn3n2)no1. The third-order valence-corrected chi connectivity index (χ3v) is 3.88. The lowest BCUT2D eigenvalue weighted by atomic mass is 10.2. The highest BCUT2D eigenvalue weighted by atomic mass is 16.5. The number of aryl methyl sites for hydroxylation is 1. The van der Waals surface area contributed by atoms with Crippen LogP contribution in [0.1, 0.15) is 36.4 Å². The van der Waals surface area contributed by atoms with Gasteiger partial charge in [-0.15, -0.1) is 5.10 Å². The fraction of sp³-hybridized carbons (Fsp3) is 0.429. The predicted octanol–water partition coefficient (Wildman–Crippen LogP) is 0.722. The lowest BCUT2D eigenvalue weighted by Gasteiger charge is -2.21. The van der Waals surface area contributed by atoms with Crippen molar-refractivity contribution in [2.24, 2.45) is 0 Å². The Labute approximate surface area is 131 Å². The first-order chi connectivity index (χ1) is 11.2. The maximum atomic E-state index is 12.6. The zero-order chi connectivity index (χ0) is 15.8. The molecule has 0 N–H and O–H groups in total. The molecule has 3 aromatic rings. The summed E-state index contributed by atoms with van der Waals surface area (Å²) in [4.78, 5) is 27.0. The molecule has 1 aliphatic rings. The molecule has 4 heterocycles. The first-order valence-electron chi connectivity index (χ1n) is 7.46. The minimum atomic E-state index is -0.130. The molecule has 0 unspecified atom stereocenters. The van der Waals surface area contributed by atoms with Crippen LogP contribution in [0.25, 0.3) is 5.78 Å². The third kappa shape index (κ3) is 2.54. The maximum absolute atomic E-state index is 12.6. The zero-order valence-electron chi connectivity index (χ0n) is 12.6. The minimum Gasteiger partial charge on any atom is -0.340 e. The van der Waals surface area contributed by atoms with Gasteiger partial charge < -0.3 is 9.42 Å². The van der Waals surface area contributed by atoms with E-state index in [0.29, 0.717) is 29.9 Å². The van der Waals surface area contributed by atoms with Gasteiger partial charge in [-0.25, -0.2) is 9.50 Å². The van der Waals surface area contributed by atoms with Crippen molar-refractivity contribution in [1.29, 1.82) is 0 Å².